The van der Waals surface area contributed by atoms with Crippen LogP contribution in [0.15, 0.2) is 4.99 Å². The van der Waals surface area contributed by atoms with Gasteiger partial charge in [0.25, 0.3) is 5.92 Å². The van der Waals surface area contributed by atoms with Gasteiger partial charge in [-0.05, 0) is 0 Å². The molecule has 9 heavy (non-hydrogen) atoms. The van der Waals surface area contributed by atoms with Crippen LogP contribution in [0.25, 0.3) is 0 Å². The fourth-order valence-electron chi connectivity index (χ4n) is 0.691. The quantitative estimate of drug-likeness (QED) is 0.519. The molecular weight excluding hydrogens is 126 g/mol. The van der Waals surface area contributed by atoms with E-state index in [0.717, 1.165) is 6.21 Å². The van der Waals surface area contributed by atoms with Crippen LogP contribution in [0.5, 0.6) is 0 Å². The van der Waals surface area contributed by atoms with Crippen LogP contribution in [-0.2, 0) is 0 Å². The predicted molar refractivity (Wildman–Crippen MR) is 30.6 cm³/mol. The molecule has 4 heteroatoms. The Kier molecular flexibility index (Phi) is 1.31. The van der Waals surface area contributed by atoms with Gasteiger partial charge in [-0.25, -0.2) is 8.78 Å². The van der Waals surface area contributed by atoms with Gasteiger partial charge < -0.3 is 5.41 Å². The Morgan fingerprint density at radius 3 is 2.56 bits per heavy atom. The number of hydrogen-bond donors (Lipinski definition) is 1. The third-order valence-corrected chi connectivity index (χ3v) is 1.12. The number of hydrogen-bond acceptors (Lipinski definition) is 2. The highest BCUT2D eigenvalue weighted by Gasteiger charge is 2.34. The first-order chi connectivity index (χ1) is 4.14. The monoisotopic (exact) mass is 132 g/mol. The maximum absolute atomic E-state index is 12.2. The second-order valence-electron chi connectivity index (χ2n) is 1.98. The Hall–Kier alpha value is -0.800. The molecule has 0 atom stereocenters. The van der Waals surface area contributed by atoms with Crippen molar-refractivity contribution in [3.63, 3.8) is 0 Å². The van der Waals surface area contributed by atoms with E-state index in [2.05, 4.69) is 4.99 Å². The molecular formula is C5H6F2N2. The molecule has 0 aromatic heterocycles. The summed E-state index contributed by atoms with van der Waals surface area (Å²) in [5.41, 5.74) is 0.194. The highest BCUT2D eigenvalue weighted by Crippen LogP contribution is 2.23. The molecule has 2 nitrogen and oxygen atoms in total. The number of rotatable bonds is 1. The van der Waals surface area contributed by atoms with E-state index in [1.54, 1.807) is 0 Å². The van der Waals surface area contributed by atoms with Crippen LogP contribution in [0.2, 0.25) is 0 Å². The van der Waals surface area contributed by atoms with E-state index in [4.69, 9.17) is 5.41 Å². The fraction of sp³-hybridized carbons (Fsp3) is 0.600. The van der Waals surface area contributed by atoms with Gasteiger partial charge in [-0.2, -0.15) is 0 Å². The summed E-state index contributed by atoms with van der Waals surface area (Å²) in [7, 11) is 0. The van der Waals surface area contributed by atoms with Crippen molar-refractivity contribution in [1.82, 2.24) is 0 Å². The summed E-state index contributed by atoms with van der Waals surface area (Å²) in [5.74, 6) is -2.69. The smallest absolute Gasteiger partial charge is 0.272 e. The van der Waals surface area contributed by atoms with E-state index in [1.165, 1.54) is 0 Å². The van der Waals surface area contributed by atoms with E-state index in [-0.39, 0.29) is 12.1 Å². The van der Waals surface area contributed by atoms with Crippen molar-refractivity contribution in [2.45, 2.75) is 12.3 Å². The second-order valence-corrected chi connectivity index (χ2v) is 1.98. The van der Waals surface area contributed by atoms with Gasteiger partial charge in [0.2, 0.25) is 0 Å². The summed E-state index contributed by atoms with van der Waals surface area (Å²) in [5, 5.41) is 6.59. The standard InChI is InChI=1S/C5H6F2N2/c6-5(7)1-4(2-8)9-3-5/h2,8H,1,3H2. The molecule has 0 radical (unpaired) electrons. The summed E-state index contributed by atoms with van der Waals surface area (Å²) >= 11 is 0. The Bertz CT molecular complexity index is 162. The zero-order chi connectivity index (χ0) is 6.91. The molecule has 1 aliphatic rings. The van der Waals surface area contributed by atoms with Gasteiger partial charge in [0.1, 0.15) is 6.54 Å². The van der Waals surface area contributed by atoms with Crippen LogP contribution in [0.1, 0.15) is 6.42 Å². The molecule has 50 valence electrons. The van der Waals surface area contributed by atoms with Crippen LogP contribution in [0.4, 0.5) is 8.78 Å². The van der Waals surface area contributed by atoms with Crippen molar-refractivity contribution in [3.05, 3.63) is 0 Å². The lowest BCUT2D eigenvalue weighted by Crippen LogP contribution is -2.16. The molecule has 0 fully saturated rings. The highest BCUT2D eigenvalue weighted by molar-refractivity contribution is 6.30. The van der Waals surface area contributed by atoms with Crippen molar-refractivity contribution >= 4 is 11.9 Å². The van der Waals surface area contributed by atoms with Crippen molar-refractivity contribution in [2.24, 2.45) is 4.99 Å². The van der Waals surface area contributed by atoms with E-state index in [9.17, 15) is 8.78 Å². The Morgan fingerprint density at radius 2 is 2.33 bits per heavy atom. The molecule has 1 aliphatic heterocycles. The van der Waals surface area contributed by atoms with Gasteiger partial charge in [0, 0.05) is 6.21 Å². The van der Waals surface area contributed by atoms with Gasteiger partial charge in [-0.3, -0.25) is 4.99 Å². The van der Waals surface area contributed by atoms with Crippen LogP contribution in [-0.4, -0.2) is 24.4 Å². The average Bonchev–Trinajstić information content (AvgIpc) is 2.10. The molecule has 0 saturated heterocycles. The van der Waals surface area contributed by atoms with Crippen molar-refractivity contribution in [2.75, 3.05) is 6.54 Å². The number of aliphatic imine (C=N–C) groups is 1. The molecule has 0 saturated carbocycles. The van der Waals surface area contributed by atoms with Gasteiger partial charge in [0.05, 0.1) is 12.1 Å². The lowest BCUT2D eigenvalue weighted by Gasteiger charge is -2.02. The maximum Gasteiger partial charge on any atom is 0.272 e. The van der Waals surface area contributed by atoms with E-state index >= 15 is 0 Å². The highest BCUT2D eigenvalue weighted by atomic mass is 19.3. The van der Waals surface area contributed by atoms with E-state index in [1.807, 2.05) is 0 Å². The van der Waals surface area contributed by atoms with Gasteiger partial charge in [-0.15, -0.1) is 0 Å². The SMILES string of the molecule is N=CC1=NCC(F)(F)C1. The summed E-state index contributed by atoms with van der Waals surface area (Å²) in [6, 6.07) is 0. The summed E-state index contributed by atoms with van der Waals surface area (Å²) in [4.78, 5) is 3.43. The van der Waals surface area contributed by atoms with Gasteiger partial charge >= 0.3 is 0 Å². The Balaban J connectivity index is 2.59. The first-order valence-electron chi connectivity index (χ1n) is 2.56. The number of alkyl halides is 2. The molecule has 0 aliphatic carbocycles. The zero-order valence-corrected chi connectivity index (χ0v) is 4.69. The normalized spacial score (nSPS) is 23.6. The van der Waals surface area contributed by atoms with Crippen molar-refractivity contribution in [1.29, 1.82) is 5.41 Å². The van der Waals surface area contributed by atoms with E-state index < -0.39 is 12.5 Å². The minimum absolute atomic E-state index is 0.194. The maximum atomic E-state index is 12.2. The van der Waals surface area contributed by atoms with Crippen molar-refractivity contribution in [3.8, 4) is 0 Å². The molecule has 0 spiro atoms. The van der Waals surface area contributed by atoms with Crippen LogP contribution in [0.3, 0.4) is 0 Å². The molecule has 1 heterocycles. The molecule has 1 N–H and O–H groups in total. The Labute approximate surface area is 51.1 Å². The predicted octanol–water partition coefficient (Wildman–Crippen LogP) is 1.12. The van der Waals surface area contributed by atoms with Gasteiger partial charge in [0.15, 0.2) is 0 Å². The molecule has 0 aromatic carbocycles. The number of halogens is 2. The first-order valence-corrected chi connectivity index (χ1v) is 2.56. The molecule has 1 rings (SSSR count). The second kappa shape index (κ2) is 1.86. The molecule has 0 amide bonds. The molecule has 0 aromatic rings. The molecule has 0 bridgehead atoms. The lowest BCUT2D eigenvalue weighted by atomic mass is 10.2. The van der Waals surface area contributed by atoms with Gasteiger partial charge in [-0.1, -0.05) is 0 Å². The summed E-state index contributed by atoms with van der Waals surface area (Å²) < 4.78 is 24.3. The topological polar surface area (TPSA) is 36.2 Å². The number of nitrogens with one attached hydrogen (secondary N) is 1. The van der Waals surface area contributed by atoms with Crippen molar-refractivity contribution < 1.29 is 8.78 Å². The summed E-state index contributed by atoms with van der Waals surface area (Å²) in [6.45, 7) is -0.447. The third-order valence-electron chi connectivity index (χ3n) is 1.12. The average molecular weight is 132 g/mol. The van der Waals surface area contributed by atoms with Crippen LogP contribution < -0.4 is 0 Å². The Morgan fingerprint density at radius 1 is 1.67 bits per heavy atom. The van der Waals surface area contributed by atoms with E-state index in [0.29, 0.717) is 0 Å². The number of nitrogens with zero attached hydrogens (tertiary/aromatic N) is 1. The lowest BCUT2D eigenvalue weighted by molar-refractivity contribution is 0.0280. The zero-order valence-electron chi connectivity index (χ0n) is 4.69. The summed E-state index contributed by atoms with van der Waals surface area (Å²) in [6.07, 6.45) is 0.511. The third kappa shape index (κ3) is 1.31. The minimum Gasteiger partial charge on any atom is -0.307 e. The largest absolute Gasteiger partial charge is 0.307 e. The van der Waals surface area contributed by atoms with Crippen LogP contribution in [0, 0.1) is 5.41 Å². The van der Waals surface area contributed by atoms with Crippen LogP contribution >= 0.6 is 0 Å². The molecule has 0 unspecified atom stereocenters. The fourth-order valence-corrected chi connectivity index (χ4v) is 0.691. The first kappa shape index (κ1) is 6.32. The minimum atomic E-state index is -2.69.